The van der Waals surface area contributed by atoms with Gasteiger partial charge in [-0.3, -0.25) is 4.79 Å². The molecule has 0 aliphatic carbocycles. The molecule has 1 aliphatic heterocycles. The molecule has 0 aromatic heterocycles. The Morgan fingerprint density at radius 3 is 2.86 bits per heavy atom. The van der Waals surface area contributed by atoms with Crippen molar-refractivity contribution in [2.75, 3.05) is 11.9 Å². The third-order valence-electron chi connectivity index (χ3n) is 4.08. The van der Waals surface area contributed by atoms with Gasteiger partial charge in [0, 0.05) is 17.8 Å². The van der Waals surface area contributed by atoms with E-state index < -0.39 is 0 Å². The Labute approximate surface area is 125 Å². The first-order chi connectivity index (χ1) is 10.1. The van der Waals surface area contributed by atoms with Gasteiger partial charge in [0.2, 0.25) is 0 Å². The lowest BCUT2D eigenvalue weighted by Gasteiger charge is -2.17. The number of benzene rings is 2. The first-order valence-corrected chi connectivity index (χ1v) is 7.38. The molecule has 2 N–H and O–H groups in total. The second-order valence-corrected chi connectivity index (χ2v) is 5.60. The molecule has 0 bridgehead atoms. The maximum Gasteiger partial charge on any atom is 0.251 e. The molecule has 2 aromatic carbocycles. The number of anilines is 1. The Bertz CT molecular complexity index is 679. The Hall–Kier alpha value is -2.29. The lowest BCUT2D eigenvalue weighted by molar-refractivity contribution is 0.0940. The van der Waals surface area contributed by atoms with Crippen LogP contribution in [0.3, 0.4) is 0 Å². The molecule has 3 rings (SSSR count). The first-order valence-electron chi connectivity index (χ1n) is 7.38. The Morgan fingerprint density at radius 1 is 1.24 bits per heavy atom. The minimum absolute atomic E-state index is 0.0000798. The van der Waals surface area contributed by atoms with Gasteiger partial charge in [0.1, 0.15) is 0 Å². The second-order valence-electron chi connectivity index (χ2n) is 5.60. The molecule has 1 amide bonds. The largest absolute Gasteiger partial charge is 0.384 e. The lowest BCUT2D eigenvalue weighted by Crippen LogP contribution is -2.27. The van der Waals surface area contributed by atoms with Crippen molar-refractivity contribution in [2.45, 2.75) is 26.3 Å². The molecule has 1 aliphatic rings. The topological polar surface area (TPSA) is 41.1 Å². The van der Waals surface area contributed by atoms with E-state index in [0.717, 1.165) is 24.2 Å². The standard InChI is InChI=1S/C18H20N2O/c1-12-5-3-4-6-16(12)13(2)20-18(21)15-8-7-14-9-10-19-17(14)11-15/h3-8,11,13,19H,9-10H2,1-2H3,(H,20,21)/t13-/m0/s1. The van der Waals surface area contributed by atoms with Gasteiger partial charge >= 0.3 is 0 Å². The van der Waals surface area contributed by atoms with Crippen LogP contribution in [0.1, 0.15) is 40.0 Å². The van der Waals surface area contributed by atoms with Crippen molar-refractivity contribution in [3.8, 4) is 0 Å². The van der Waals surface area contributed by atoms with Crippen molar-refractivity contribution >= 4 is 11.6 Å². The minimum atomic E-state index is -0.0257. The van der Waals surface area contributed by atoms with E-state index in [1.54, 1.807) is 0 Å². The van der Waals surface area contributed by atoms with E-state index in [1.807, 2.05) is 37.3 Å². The highest BCUT2D eigenvalue weighted by Gasteiger charge is 2.16. The number of carbonyl (C=O) groups is 1. The van der Waals surface area contributed by atoms with E-state index in [4.69, 9.17) is 0 Å². The summed E-state index contributed by atoms with van der Waals surface area (Å²) in [6, 6.07) is 14.0. The van der Waals surface area contributed by atoms with Gasteiger partial charge in [-0.25, -0.2) is 0 Å². The van der Waals surface area contributed by atoms with Crippen LogP contribution in [0.5, 0.6) is 0 Å². The molecule has 1 heterocycles. The Balaban J connectivity index is 1.76. The molecule has 3 heteroatoms. The summed E-state index contributed by atoms with van der Waals surface area (Å²) in [5.41, 5.74) is 5.44. The highest BCUT2D eigenvalue weighted by Crippen LogP contribution is 2.24. The first kappa shape index (κ1) is 13.7. The van der Waals surface area contributed by atoms with Crippen LogP contribution in [-0.2, 0) is 6.42 Å². The molecule has 108 valence electrons. The number of amides is 1. The third-order valence-corrected chi connectivity index (χ3v) is 4.08. The number of nitrogens with one attached hydrogen (secondary N) is 2. The zero-order valence-corrected chi connectivity index (χ0v) is 12.4. The van der Waals surface area contributed by atoms with Crippen LogP contribution in [-0.4, -0.2) is 12.5 Å². The number of carbonyl (C=O) groups excluding carboxylic acids is 1. The fourth-order valence-corrected chi connectivity index (χ4v) is 2.86. The van der Waals surface area contributed by atoms with E-state index in [-0.39, 0.29) is 11.9 Å². The minimum Gasteiger partial charge on any atom is -0.384 e. The van der Waals surface area contributed by atoms with E-state index in [2.05, 4.69) is 29.7 Å². The van der Waals surface area contributed by atoms with Gasteiger partial charge in [-0.1, -0.05) is 30.3 Å². The number of hydrogen-bond acceptors (Lipinski definition) is 2. The van der Waals surface area contributed by atoms with Gasteiger partial charge in [-0.2, -0.15) is 0 Å². The van der Waals surface area contributed by atoms with Gasteiger partial charge < -0.3 is 10.6 Å². The Morgan fingerprint density at radius 2 is 2.05 bits per heavy atom. The number of aryl methyl sites for hydroxylation is 1. The van der Waals surface area contributed by atoms with Crippen LogP contribution in [0.2, 0.25) is 0 Å². The molecular weight excluding hydrogens is 260 g/mol. The molecular formula is C18H20N2O. The molecule has 0 saturated heterocycles. The Kier molecular flexibility index (Phi) is 3.65. The molecule has 0 fully saturated rings. The van der Waals surface area contributed by atoms with E-state index in [0.29, 0.717) is 5.56 Å². The van der Waals surface area contributed by atoms with E-state index >= 15 is 0 Å². The summed E-state index contributed by atoms with van der Waals surface area (Å²) in [5, 5.41) is 6.39. The zero-order chi connectivity index (χ0) is 14.8. The van der Waals surface area contributed by atoms with Crippen molar-refractivity contribution in [1.82, 2.24) is 5.32 Å². The molecule has 0 saturated carbocycles. The number of fused-ring (bicyclic) bond motifs is 1. The van der Waals surface area contributed by atoms with Crippen LogP contribution in [0.25, 0.3) is 0 Å². The van der Waals surface area contributed by atoms with Gasteiger partial charge in [-0.15, -0.1) is 0 Å². The highest BCUT2D eigenvalue weighted by molar-refractivity contribution is 5.95. The predicted octanol–water partition coefficient (Wildman–Crippen LogP) is 3.45. The molecule has 0 spiro atoms. The van der Waals surface area contributed by atoms with E-state index in [1.165, 1.54) is 11.1 Å². The summed E-state index contributed by atoms with van der Waals surface area (Å²) in [6.07, 6.45) is 1.04. The molecule has 1 atom stereocenters. The average molecular weight is 280 g/mol. The predicted molar refractivity (Wildman–Crippen MR) is 85.7 cm³/mol. The smallest absolute Gasteiger partial charge is 0.251 e. The fourth-order valence-electron chi connectivity index (χ4n) is 2.86. The fraction of sp³-hybridized carbons (Fsp3) is 0.278. The third kappa shape index (κ3) is 2.77. The number of rotatable bonds is 3. The normalized spacial score (nSPS) is 14.2. The van der Waals surface area contributed by atoms with Crippen LogP contribution in [0, 0.1) is 6.92 Å². The quantitative estimate of drug-likeness (QED) is 0.904. The summed E-state index contributed by atoms with van der Waals surface area (Å²) in [5.74, 6) is -0.0257. The maximum atomic E-state index is 12.4. The van der Waals surface area contributed by atoms with Crippen LogP contribution < -0.4 is 10.6 Å². The average Bonchev–Trinajstić information content (AvgIpc) is 2.94. The molecule has 2 aromatic rings. The summed E-state index contributed by atoms with van der Waals surface area (Å²) < 4.78 is 0. The van der Waals surface area contributed by atoms with Gasteiger partial charge in [0.15, 0.2) is 0 Å². The van der Waals surface area contributed by atoms with Gasteiger partial charge in [0.25, 0.3) is 5.91 Å². The molecule has 21 heavy (non-hydrogen) atoms. The highest BCUT2D eigenvalue weighted by atomic mass is 16.1. The van der Waals surface area contributed by atoms with Gasteiger partial charge in [-0.05, 0) is 49.1 Å². The molecule has 0 unspecified atom stereocenters. The van der Waals surface area contributed by atoms with Crippen molar-refractivity contribution in [3.05, 3.63) is 64.7 Å². The second kappa shape index (κ2) is 5.60. The SMILES string of the molecule is Cc1ccccc1[C@H](C)NC(=O)c1ccc2c(c1)NCC2. The summed E-state index contributed by atoms with van der Waals surface area (Å²) in [7, 11) is 0. The van der Waals surface area contributed by atoms with E-state index in [9.17, 15) is 4.79 Å². The zero-order valence-electron chi connectivity index (χ0n) is 12.4. The summed E-state index contributed by atoms with van der Waals surface area (Å²) in [6.45, 7) is 5.04. The monoisotopic (exact) mass is 280 g/mol. The summed E-state index contributed by atoms with van der Waals surface area (Å²) >= 11 is 0. The van der Waals surface area contributed by atoms with Crippen LogP contribution >= 0.6 is 0 Å². The van der Waals surface area contributed by atoms with Crippen molar-refractivity contribution in [2.24, 2.45) is 0 Å². The molecule has 3 nitrogen and oxygen atoms in total. The maximum absolute atomic E-state index is 12.4. The van der Waals surface area contributed by atoms with Crippen LogP contribution in [0.4, 0.5) is 5.69 Å². The van der Waals surface area contributed by atoms with Crippen molar-refractivity contribution in [3.63, 3.8) is 0 Å². The number of hydrogen-bond donors (Lipinski definition) is 2. The van der Waals surface area contributed by atoms with Crippen molar-refractivity contribution < 1.29 is 4.79 Å². The van der Waals surface area contributed by atoms with Crippen LogP contribution in [0.15, 0.2) is 42.5 Å². The lowest BCUT2D eigenvalue weighted by atomic mass is 10.0. The summed E-state index contributed by atoms with van der Waals surface area (Å²) in [4.78, 5) is 12.4. The molecule has 0 radical (unpaired) electrons. The van der Waals surface area contributed by atoms with Gasteiger partial charge in [0.05, 0.1) is 6.04 Å². The van der Waals surface area contributed by atoms with Crippen molar-refractivity contribution in [1.29, 1.82) is 0 Å².